The molecule has 2 amide bonds. The minimum absolute atomic E-state index is 0.0183. The highest BCUT2D eigenvalue weighted by Crippen LogP contribution is 2.49. The van der Waals surface area contributed by atoms with E-state index in [1.165, 1.54) is 12.8 Å². The van der Waals surface area contributed by atoms with E-state index in [0.29, 0.717) is 30.2 Å². The Morgan fingerprint density at radius 3 is 2.34 bits per heavy atom. The molecule has 1 atom stereocenters. The number of nitrogens with zero attached hydrogens (tertiary/aromatic N) is 5. The molecule has 0 aromatic carbocycles. The summed E-state index contributed by atoms with van der Waals surface area (Å²) in [6.45, 7) is 8.78. The number of hydrogen-bond donors (Lipinski definition) is 0. The van der Waals surface area contributed by atoms with Gasteiger partial charge in [-0.15, -0.1) is 10.2 Å². The molecule has 8 nitrogen and oxygen atoms in total. The van der Waals surface area contributed by atoms with E-state index < -0.39 is 0 Å². The minimum Gasteiger partial charge on any atom is -0.423 e. The molecule has 1 unspecified atom stereocenters. The van der Waals surface area contributed by atoms with Crippen LogP contribution in [-0.2, 0) is 9.59 Å². The van der Waals surface area contributed by atoms with E-state index in [4.69, 9.17) is 4.42 Å². The number of piperidine rings is 1. The van der Waals surface area contributed by atoms with Gasteiger partial charge >= 0.3 is 0 Å². The molecule has 0 bridgehead atoms. The van der Waals surface area contributed by atoms with E-state index in [0.717, 1.165) is 71.2 Å². The molecule has 3 aliphatic heterocycles. The highest BCUT2D eigenvalue weighted by atomic mass is 16.4. The quantitative estimate of drug-likeness (QED) is 0.672. The minimum atomic E-state index is -0.0183. The van der Waals surface area contributed by atoms with Gasteiger partial charge in [-0.1, -0.05) is 13.8 Å². The number of carbonyl (C=O) groups is 2. The molecule has 0 radical (unpaired) electrons. The third-order valence-electron chi connectivity index (χ3n) is 7.98. The molecule has 4 aliphatic rings. The summed E-state index contributed by atoms with van der Waals surface area (Å²) in [7, 11) is 0. The lowest BCUT2D eigenvalue weighted by atomic mass is 9.76. The number of likely N-dealkylation sites (tertiary alicyclic amines) is 3. The fourth-order valence-electron chi connectivity index (χ4n) is 5.70. The van der Waals surface area contributed by atoms with Crippen molar-refractivity contribution in [3.63, 3.8) is 0 Å². The summed E-state index contributed by atoms with van der Waals surface area (Å²) < 4.78 is 6.06. The van der Waals surface area contributed by atoms with Gasteiger partial charge in [0.15, 0.2) is 0 Å². The van der Waals surface area contributed by atoms with E-state index in [9.17, 15) is 9.59 Å². The van der Waals surface area contributed by atoms with E-state index in [2.05, 4.69) is 33.8 Å². The lowest BCUT2D eigenvalue weighted by Gasteiger charge is -2.39. The summed E-state index contributed by atoms with van der Waals surface area (Å²) in [6, 6.07) is -0.0183. The summed E-state index contributed by atoms with van der Waals surface area (Å²) in [4.78, 5) is 31.9. The number of hydrogen-bond acceptors (Lipinski definition) is 6. The highest BCUT2D eigenvalue weighted by molar-refractivity contribution is 5.78. The first-order valence-electron chi connectivity index (χ1n) is 12.6. The number of carbonyl (C=O) groups excluding carboxylic acids is 2. The Labute approximate surface area is 190 Å². The largest absolute Gasteiger partial charge is 0.423 e. The van der Waals surface area contributed by atoms with Crippen LogP contribution in [0.1, 0.15) is 89.0 Å². The topological polar surface area (TPSA) is 82.8 Å². The van der Waals surface area contributed by atoms with Gasteiger partial charge in [0.25, 0.3) is 0 Å². The Balaban J connectivity index is 1.29. The van der Waals surface area contributed by atoms with Crippen molar-refractivity contribution in [1.82, 2.24) is 24.9 Å². The molecule has 1 spiro atoms. The van der Waals surface area contributed by atoms with Crippen LogP contribution in [0, 0.1) is 11.3 Å². The van der Waals surface area contributed by atoms with Gasteiger partial charge in [0.05, 0.1) is 12.6 Å². The molecule has 32 heavy (non-hydrogen) atoms. The molecule has 1 aliphatic carbocycles. The third kappa shape index (κ3) is 4.56. The van der Waals surface area contributed by atoms with Gasteiger partial charge < -0.3 is 14.2 Å². The Morgan fingerprint density at radius 2 is 1.72 bits per heavy atom. The lowest BCUT2D eigenvalue weighted by molar-refractivity contribution is -0.133. The smallest absolute Gasteiger partial charge is 0.236 e. The molecule has 176 valence electrons. The van der Waals surface area contributed by atoms with Crippen LogP contribution < -0.4 is 0 Å². The van der Waals surface area contributed by atoms with Crippen LogP contribution in [0.5, 0.6) is 0 Å². The van der Waals surface area contributed by atoms with E-state index >= 15 is 0 Å². The second-order valence-corrected chi connectivity index (χ2v) is 10.9. The molecular weight excluding hydrogens is 406 g/mol. The Morgan fingerprint density at radius 1 is 1.03 bits per heavy atom. The van der Waals surface area contributed by atoms with Gasteiger partial charge in [0.2, 0.25) is 23.6 Å². The summed E-state index contributed by atoms with van der Waals surface area (Å²) in [5.74, 6) is 2.67. The Bertz CT molecular complexity index is 834. The second kappa shape index (κ2) is 8.76. The van der Waals surface area contributed by atoms with Gasteiger partial charge in [-0.25, -0.2) is 0 Å². The molecule has 1 aromatic rings. The van der Waals surface area contributed by atoms with Crippen LogP contribution in [0.4, 0.5) is 0 Å². The molecule has 5 rings (SSSR count). The standard InChI is InChI=1S/C24H37N5O3/c1-17(2)22-25-26-23(32-22)19-14-24(16-29(19)15-21(31)27-9-3-4-10-27)7-11-28(12-8-24)20(30)13-18-5-6-18/h17-19H,3-16H2,1-2H3. The average molecular weight is 444 g/mol. The van der Waals surface area contributed by atoms with Gasteiger partial charge in [0.1, 0.15) is 0 Å². The predicted molar refractivity (Wildman–Crippen MR) is 119 cm³/mol. The summed E-state index contributed by atoms with van der Waals surface area (Å²) in [6.07, 6.45) is 8.26. The van der Waals surface area contributed by atoms with Crippen molar-refractivity contribution in [3.8, 4) is 0 Å². The fraction of sp³-hybridized carbons (Fsp3) is 0.833. The van der Waals surface area contributed by atoms with Crippen LogP contribution in [0.25, 0.3) is 0 Å². The molecule has 8 heteroatoms. The van der Waals surface area contributed by atoms with Crippen molar-refractivity contribution in [2.45, 2.75) is 77.2 Å². The SMILES string of the molecule is CC(C)c1nnc(C2CC3(CCN(C(=O)CC4CC4)CC3)CN2CC(=O)N2CCCC2)o1. The summed E-state index contributed by atoms with van der Waals surface area (Å²) in [5.41, 5.74) is 0.110. The fourth-order valence-corrected chi connectivity index (χ4v) is 5.70. The number of aromatic nitrogens is 2. The zero-order valence-electron chi connectivity index (χ0n) is 19.6. The van der Waals surface area contributed by atoms with Crippen LogP contribution >= 0.6 is 0 Å². The van der Waals surface area contributed by atoms with Crippen molar-refractivity contribution in [1.29, 1.82) is 0 Å². The Hall–Kier alpha value is -1.96. The maximum atomic E-state index is 13.0. The number of rotatable bonds is 6. The molecular formula is C24H37N5O3. The first-order valence-corrected chi connectivity index (χ1v) is 12.6. The lowest BCUT2D eigenvalue weighted by Crippen LogP contribution is -2.45. The van der Waals surface area contributed by atoms with Crippen molar-refractivity contribution < 1.29 is 14.0 Å². The Kier molecular flexibility index (Phi) is 5.99. The average Bonchev–Trinajstić information content (AvgIpc) is 3.17. The van der Waals surface area contributed by atoms with Crippen molar-refractivity contribution in [3.05, 3.63) is 11.8 Å². The molecule has 0 N–H and O–H groups in total. The third-order valence-corrected chi connectivity index (χ3v) is 7.98. The van der Waals surface area contributed by atoms with Crippen molar-refractivity contribution in [2.24, 2.45) is 11.3 Å². The van der Waals surface area contributed by atoms with Crippen molar-refractivity contribution in [2.75, 3.05) is 39.3 Å². The van der Waals surface area contributed by atoms with Gasteiger partial charge in [-0.2, -0.15) is 0 Å². The first kappa shape index (κ1) is 21.9. The van der Waals surface area contributed by atoms with Crippen LogP contribution in [-0.4, -0.2) is 76.0 Å². The van der Waals surface area contributed by atoms with E-state index in [-0.39, 0.29) is 23.3 Å². The van der Waals surface area contributed by atoms with Gasteiger partial charge in [0, 0.05) is 45.1 Å². The van der Waals surface area contributed by atoms with E-state index in [1.54, 1.807) is 0 Å². The maximum Gasteiger partial charge on any atom is 0.236 e. The second-order valence-electron chi connectivity index (χ2n) is 10.9. The molecule has 1 aromatic heterocycles. The molecule has 4 fully saturated rings. The maximum absolute atomic E-state index is 13.0. The zero-order chi connectivity index (χ0) is 22.3. The van der Waals surface area contributed by atoms with Crippen LogP contribution in [0.15, 0.2) is 4.42 Å². The normalized spacial score (nSPS) is 25.9. The predicted octanol–water partition coefficient (Wildman–Crippen LogP) is 2.97. The van der Waals surface area contributed by atoms with Crippen molar-refractivity contribution >= 4 is 11.8 Å². The molecule has 4 heterocycles. The van der Waals surface area contributed by atoms with Gasteiger partial charge in [-0.05, 0) is 56.3 Å². The van der Waals surface area contributed by atoms with Crippen LogP contribution in [0.3, 0.4) is 0 Å². The summed E-state index contributed by atoms with van der Waals surface area (Å²) >= 11 is 0. The van der Waals surface area contributed by atoms with E-state index in [1.807, 2.05) is 4.90 Å². The summed E-state index contributed by atoms with van der Waals surface area (Å²) in [5, 5.41) is 8.65. The van der Waals surface area contributed by atoms with Crippen LogP contribution in [0.2, 0.25) is 0 Å². The zero-order valence-corrected chi connectivity index (χ0v) is 19.6. The molecule has 1 saturated carbocycles. The molecule has 3 saturated heterocycles. The monoisotopic (exact) mass is 443 g/mol. The van der Waals surface area contributed by atoms with Gasteiger partial charge in [-0.3, -0.25) is 14.5 Å². The number of amides is 2. The highest BCUT2D eigenvalue weighted by Gasteiger charge is 2.49. The first-order chi connectivity index (χ1) is 15.4.